The summed E-state index contributed by atoms with van der Waals surface area (Å²) < 4.78 is 46.3. The fourth-order valence-corrected chi connectivity index (χ4v) is 7.94. The van der Waals surface area contributed by atoms with Crippen LogP contribution in [-0.2, 0) is 23.1 Å². The quantitative estimate of drug-likeness (QED) is 0.298. The maximum Gasteiger partial charge on any atom is 0.265 e. The minimum absolute atomic E-state index is 0.0122. The maximum absolute atomic E-state index is 15.9. The molecule has 3 aromatic heterocycles. The number of pyridine rings is 1. The molecule has 1 saturated heterocycles. The topological polar surface area (TPSA) is 130 Å². The van der Waals surface area contributed by atoms with Crippen LogP contribution in [0.25, 0.3) is 33.6 Å². The fraction of sp³-hybridized carbons (Fsp3) is 0.556. The van der Waals surface area contributed by atoms with Crippen LogP contribution in [0.15, 0.2) is 30.3 Å². The van der Waals surface area contributed by atoms with Crippen LogP contribution >= 0.6 is 0 Å². The average molecular weight is 678 g/mol. The molecule has 1 aromatic carbocycles. The average Bonchev–Trinajstić information content (AvgIpc) is 3.58. The molecule has 0 radical (unpaired) electrons. The molecule has 13 heteroatoms. The van der Waals surface area contributed by atoms with Crippen molar-refractivity contribution in [3.05, 3.63) is 41.6 Å². The Morgan fingerprint density at radius 2 is 1.82 bits per heavy atom. The van der Waals surface area contributed by atoms with Gasteiger partial charge in [-0.1, -0.05) is 12.8 Å². The highest BCUT2D eigenvalue weighted by molar-refractivity contribution is 6.00. The Labute approximate surface area is 284 Å². The zero-order chi connectivity index (χ0) is 34.7. The van der Waals surface area contributed by atoms with Gasteiger partial charge < -0.3 is 34.6 Å². The monoisotopic (exact) mass is 677 g/mol. The largest absolute Gasteiger partial charge is 0.494 e. The molecule has 4 aromatic rings. The van der Waals surface area contributed by atoms with Gasteiger partial charge in [0.15, 0.2) is 5.82 Å². The van der Waals surface area contributed by atoms with Gasteiger partial charge in [-0.3, -0.25) is 9.59 Å². The first-order valence-corrected chi connectivity index (χ1v) is 17.2. The predicted molar refractivity (Wildman–Crippen MR) is 182 cm³/mol. The third-order valence-corrected chi connectivity index (χ3v) is 11.0. The number of fused-ring (bicyclic) bond motifs is 2. The Kier molecular flexibility index (Phi) is 8.63. The van der Waals surface area contributed by atoms with E-state index in [0.29, 0.717) is 89.4 Å². The van der Waals surface area contributed by atoms with E-state index in [1.807, 2.05) is 36.7 Å². The number of methoxy groups -OCH3 is 2. The summed E-state index contributed by atoms with van der Waals surface area (Å²) in [7, 11) is 4.96. The molecule has 0 unspecified atom stereocenters. The Morgan fingerprint density at radius 1 is 1.06 bits per heavy atom. The minimum Gasteiger partial charge on any atom is -0.494 e. The molecule has 49 heavy (non-hydrogen) atoms. The van der Waals surface area contributed by atoms with E-state index in [2.05, 4.69) is 5.32 Å². The molecule has 2 bridgehead atoms. The van der Waals surface area contributed by atoms with Crippen LogP contribution in [0, 0.1) is 5.41 Å². The number of piperidine rings is 1. The molecular formula is C36H45F2N7O4. The molecule has 3 N–H and O–H groups in total. The van der Waals surface area contributed by atoms with Gasteiger partial charge in [0.2, 0.25) is 5.91 Å². The first-order chi connectivity index (χ1) is 23.4. The Bertz CT molecular complexity index is 1920. The predicted octanol–water partition coefficient (Wildman–Crippen LogP) is 5.34. The van der Waals surface area contributed by atoms with E-state index in [-0.39, 0.29) is 30.4 Å². The van der Waals surface area contributed by atoms with Gasteiger partial charge in [0, 0.05) is 56.1 Å². The lowest BCUT2D eigenvalue weighted by Gasteiger charge is -2.41. The number of hydrogen-bond donors (Lipinski definition) is 2. The van der Waals surface area contributed by atoms with Crippen molar-refractivity contribution in [2.24, 2.45) is 18.2 Å². The normalized spacial score (nSPS) is 24.2. The van der Waals surface area contributed by atoms with Gasteiger partial charge in [-0.25, -0.2) is 18.7 Å². The lowest BCUT2D eigenvalue weighted by molar-refractivity contribution is -0.137. The number of nitrogens with one attached hydrogen (secondary N) is 1. The second-order valence-electron chi connectivity index (χ2n) is 14.2. The molecular weight excluding hydrogens is 632 g/mol. The number of likely N-dealkylation sites (tertiary alicyclic amines) is 1. The molecule has 3 aliphatic rings. The number of nitrogens with two attached hydrogens (primary N) is 1. The fourth-order valence-electron chi connectivity index (χ4n) is 7.94. The third kappa shape index (κ3) is 5.94. The standard InChI is InChI=1S/C36H45F2N7O4/c1-21-25-9-8-22-17-27(45(31(22)41-25)20-36(37,38)14-6-5-11-35(12-7-13-35)34(47)40-21)32-42-26-16-23(18-29(49-4)30(26)43(32)2)33(46)44-15-10-28(48-3)24(39)19-44/h8-9,16-18,21,24,28H,5-7,10-15,19-20,39H2,1-4H3,(H,40,47)/t21-,24+,28-/m1/s1. The summed E-state index contributed by atoms with van der Waals surface area (Å²) in [5.41, 5.74) is 8.81. The van der Waals surface area contributed by atoms with Crippen molar-refractivity contribution in [2.75, 3.05) is 27.3 Å². The van der Waals surface area contributed by atoms with Gasteiger partial charge >= 0.3 is 0 Å². The molecule has 2 aliphatic heterocycles. The summed E-state index contributed by atoms with van der Waals surface area (Å²) in [6.45, 7) is 2.18. The molecule has 1 spiro atoms. The first-order valence-electron chi connectivity index (χ1n) is 17.2. The summed E-state index contributed by atoms with van der Waals surface area (Å²) >= 11 is 0. The number of ether oxygens (including phenoxy) is 2. The van der Waals surface area contributed by atoms with Crippen molar-refractivity contribution in [1.82, 2.24) is 29.3 Å². The summed E-state index contributed by atoms with van der Waals surface area (Å²) in [5.74, 6) is -2.36. The highest BCUT2D eigenvalue weighted by atomic mass is 19.3. The molecule has 262 valence electrons. The van der Waals surface area contributed by atoms with Crippen molar-refractivity contribution < 1.29 is 27.8 Å². The van der Waals surface area contributed by atoms with E-state index in [1.165, 1.54) is 7.11 Å². The van der Waals surface area contributed by atoms with E-state index in [4.69, 9.17) is 25.2 Å². The van der Waals surface area contributed by atoms with Crippen molar-refractivity contribution in [3.63, 3.8) is 0 Å². The second kappa shape index (κ2) is 12.7. The van der Waals surface area contributed by atoms with Gasteiger partial charge in [-0.05, 0) is 69.4 Å². The van der Waals surface area contributed by atoms with Crippen LogP contribution in [0.2, 0.25) is 0 Å². The molecule has 3 atom stereocenters. The number of carbonyl (C=O) groups excluding carboxylic acids is 2. The van der Waals surface area contributed by atoms with Gasteiger partial charge in [0.1, 0.15) is 16.9 Å². The molecule has 2 fully saturated rings. The highest BCUT2D eigenvalue weighted by Crippen LogP contribution is 2.46. The number of hydrogen-bond acceptors (Lipinski definition) is 7. The van der Waals surface area contributed by atoms with Gasteiger partial charge in [-0.2, -0.15) is 0 Å². The van der Waals surface area contributed by atoms with Crippen molar-refractivity contribution in [3.8, 4) is 17.3 Å². The Balaban J connectivity index is 1.30. The number of alkyl halides is 2. The number of imidazole rings is 1. The Morgan fingerprint density at radius 3 is 2.51 bits per heavy atom. The maximum atomic E-state index is 15.9. The van der Waals surface area contributed by atoms with Crippen LogP contribution in [0.1, 0.15) is 80.4 Å². The zero-order valence-corrected chi connectivity index (χ0v) is 28.6. The second-order valence-corrected chi connectivity index (χ2v) is 14.2. The van der Waals surface area contributed by atoms with Crippen molar-refractivity contribution in [1.29, 1.82) is 0 Å². The number of benzene rings is 1. The number of aromatic nitrogens is 4. The molecule has 11 nitrogen and oxygen atoms in total. The first kappa shape index (κ1) is 33.4. The van der Waals surface area contributed by atoms with E-state index >= 15 is 8.78 Å². The van der Waals surface area contributed by atoms with E-state index < -0.39 is 23.9 Å². The molecule has 7 rings (SSSR count). The lowest BCUT2D eigenvalue weighted by Crippen LogP contribution is -2.53. The SMILES string of the molecule is COc1cc(C(=O)N2CC[C@@H](OC)[C@@H](N)C2)cc2nc(-c3cc4ccc5nc4n3CC(F)(F)CCCCC3(CCC3)C(=O)N[C@@H]5C)n(C)c12. The van der Waals surface area contributed by atoms with Crippen LogP contribution in [0.3, 0.4) is 0 Å². The van der Waals surface area contributed by atoms with Crippen LogP contribution in [-0.4, -0.2) is 81.2 Å². The van der Waals surface area contributed by atoms with Gasteiger partial charge in [0.05, 0.1) is 42.7 Å². The Hall–Kier alpha value is -4.10. The zero-order valence-electron chi connectivity index (χ0n) is 28.6. The molecule has 5 heterocycles. The summed E-state index contributed by atoms with van der Waals surface area (Å²) in [6, 6.07) is 8.24. The van der Waals surface area contributed by atoms with Gasteiger partial charge in [-0.15, -0.1) is 0 Å². The minimum atomic E-state index is -3.03. The van der Waals surface area contributed by atoms with E-state index in [0.717, 1.165) is 19.3 Å². The molecule has 1 saturated carbocycles. The van der Waals surface area contributed by atoms with Crippen LogP contribution in [0.5, 0.6) is 5.75 Å². The summed E-state index contributed by atoms with van der Waals surface area (Å²) in [6.07, 6.45) is 4.28. The molecule has 2 amide bonds. The van der Waals surface area contributed by atoms with Crippen molar-refractivity contribution in [2.45, 2.75) is 88.9 Å². The number of halogens is 2. The van der Waals surface area contributed by atoms with Gasteiger partial charge in [0.25, 0.3) is 11.8 Å². The number of nitrogens with zero attached hydrogens (tertiary/aromatic N) is 5. The van der Waals surface area contributed by atoms with E-state index in [9.17, 15) is 9.59 Å². The van der Waals surface area contributed by atoms with Crippen molar-refractivity contribution >= 4 is 33.9 Å². The van der Waals surface area contributed by atoms with E-state index in [1.54, 1.807) is 28.7 Å². The summed E-state index contributed by atoms with van der Waals surface area (Å²) in [5, 5.41) is 3.86. The number of amides is 2. The summed E-state index contributed by atoms with van der Waals surface area (Å²) in [4.78, 5) is 38.6. The third-order valence-electron chi connectivity index (χ3n) is 11.0. The van der Waals surface area contributed by atoms with Crippen LogP contribution in [0.4, 0.5) is 8.78 Å². The number of carbonyl (C=O) groups is 2. The highest BCUT2D eigenvalue weighted by Gasteiger charge is 2.44. The van der Waals surface area contributed by atoms with Crippen LogP contribution < -0.4 is 15.8 Å². The smallest absolute Gasteiger partial charge is 0.265 e. The molecule has 1 aliphatic carbocycles. The number of aryl methyl sites for hydroxylation is 1. The lowest BCUT2D eigenvalue weighted by atomic mass is 9.65. The number of rotatable bonds is 4.